The highest BCUT2D eigenvalue weighted by Crippen LogP contribution is 2.42. The summed E-state index contributed by atoms with van der Waals surface area (Å²) in [5.74, 6) is -0.982. The number of carbonyl (C=O) groups is 2. The minimum Gasteiger partial charge on any atom is -0.508 e. The first-order valence-corrected chi connectivity index (χ1v) is 19.6. The maximum absolute atomic E-state index is 12.5. The fraction of sp³-hybridized carbons (Fsp3) is 0.476. The van der Waals surface area contributed by atoms with E-state index in [-0.39, 0.29) is 41.4 Å². The summed E-state index contributed by atoms with van der Waals surface area (Å²) >= 11 is 5.61. The number of amides is 1. The zero-order valence-electron chi connectivity index (χ0n) is 32.4. The van der Waals surface area contributed by atoms with Crippen molar-refractivity contribution < 1.29 is 57.4 Å². The summed E-state index contributed by atoms with van der Waals surface area (Å²) in [4.78, 5) is 37.6. The Kier molecular flexibility index (Phi) is 20.6. The van der Waals surface area contributed by atoms with E-state index in [9.17, 15) is 24.6 Å². The molecule has 4 rings (SSSR count). The molecule has 0 atom stereocenters. The number of phenols is 1. The van der Waals surface area contributed by atoms with E-state index in [1.165, 1.54) is 24.3 Å². The van der Waals surface area contributed by atoms with Crippen LogP contribution in [0.25, 0.3) is 33.4 Å². The lowest BCUT2D eigenvalue weighted by atomic mass is 9.89. The molecule has 15 heteroatoms. The van der Waals surface area contributed by atoms with Crippen LogP contribution in [0.5, 0.6) is 5.75 Å². The monoisotopic (exact) mass is 811 g/mol. The van der Waals surface area contributed by atoms with Gasteiger partial charge in [-0.25, -0.2) is 4.79 Å². The van der Waals surface area contributed by atoms with Crippen LogP contribution < -0.4 is 10.7 Å². The SMILES string of the molecule is CCOCCOCCOCCOCCOCCOCCOCCC(=O)NCCCC(=S)Cc1ccc(-c2c3ccc(=O)cc-3oc3cc(O)ccc23)c(C(=O)O)c1. The lowest BCUT2D eigenvalue weighted by Gasteiger charge is -2.17. The number of hydrogen-bond acceptors (Lipinski definition) is 13. The fourth-order valence-corrected chi connectivity index (χ4v) is 6.10. The second kappa shape index (κ2) is 25.8. The average Bonchev–Trinajstić information content (AvgIpc) is 3.19. The van der Waals surface area contributed by atoms with Crippen LogP contribution in [0.15, 0.2) is 63.8 Å². The van der Waals surface area contributed by atoms with Gasteiger partial charge in [0.15, 0.2) is 5.43 Å². The van der Waals surface area contributed by atoms with E-state index in [1.54, 1.807) is 24.3 Å². The Morgan fingerprint density at radius 2 is 1.28 bits per heavy atom. The summed E-state index contributed by atoms with van der Waals surface area (Å²) < 4.78 is 43.8. The molecule has 0 saturated carbocycles. The highest BCUT2D eigenvalue weighted by atomic mass is 32.1. The van der Waals surface area contributed by atoms with Crippen LogP contribution in [0.4, 0.5) is 0 Å². The van der Waals surface area contributed by atoms with E-state index in [4.69, 9.17) is 49.8 Å². The number of rotatable bonds is 30. The first kappa shape index (κ1) is 45.4. The van der Waals surface area contributed by atoms with Gasteiger partial charge in [-0.3, -0.25) is 9.59 Å². The van der Waals surface area contributed by atoms with Gasteiger partial charge >= 0.3 is 5.97 Å². The number of benzene rings is 3. The molecule has 0 spiro atoms. The molecule has 0 unspecified atom stereocenters. The van der Waals surface area contributed by atoms with Gasteiger partial charge in [0.05, 0.1) is 91.5 Å². The van der Waals surface area contributed by atoms with E-state index in [0.29, 0.717) is 139 Å². The van der Waals surface area contributed by atoms with Gasteiger partial charge in [-0.1, -0.05) is 24.4 Å². The standard InChI is InChI=1S/C42H53NO13S/c1-2-49-14-15-51-18-19-53-22-23-55-25-24-54-21-20-52-17-16-50-13-11-40(46)43-12-3-4-33(57)26-30-5-8-34(37(27-30)42(47)48)41-35-9-6-31(44)28-38(35)56-39-29-32(45)7-10-36(39)41/h5-10,27-29,44H,2-4,11-26H2,1H3,(H,43,46)(H,47,48). The van der Waals surface area contributed by atoms with Crippen LogP contribution >= 0.6 is 12.2 Å². The molecule has 2 aromatic rings. The van der Waals surface area contributed by atoms with Crippen molar-refractivity contribution in [2.24, 2.45) is 0 Å². The number of aromatic hydroxyl groups is 1. The zero-order valence-corrected chi connectivity index (χ0v) is 33.2. The number of carboxylic acids is 1. The van der Waals surface area contributed by atoms with Crippen molar-refractivity contribution in [3.05, 3.63) is 75.9 Å². The van der Waals surface area contributed by atoms with Gasteiger partial charge in [-0.15, -0.1) is 0 Å². The van der Waals surface area contributed by atoms with Gasteiger partial charge in [-0.05, 0) is 66.1 Å². The molecule has 2 aliphatic rings. The topological polar surface area (TPSA) is 181 Å². The van der Waals surface area contributed by atoms with Crippen molar-refractivity contribution in [1.29, 1.82) is 0 Å². The van der Waals surface area contributed by atoms with Gasteiger partial charge in [0.1, 0.15) is 17.1 Å². The number of carboxylic acid groups (broad SMARTS) is 1. The second-order valence-corrected chi connectivity index (χ2v) is 13.4. The van der Waals surface area contributed by atoms with Gasteiger partial charge in [-0.2, -0.15) is 0 Å². The normalized spacial score (nSPS) is 11.4. The largest absolute Gasteiger partial charge is 0.508 e. The molecule has 14 nitrogen and oxygen atoms in total. The Bertz CT molecular complexity index is 1880. The van der Waals surface area contributed by atoms with E-state index in [0.717, 1.165) is 10.4 Å². The van der Waals surface area contributed by atoms with Crippen LogP contribution in [0.2, 0.25) is 0 Å². The second-order valence-electron chi connectivity index (χ2n) is 12.8. The van der Waals surface area contributed by atoms with Gasteiger partial charge in [0.2, 0.25) is 5.91 Å². The third kappa shape index (κ3) is 16.2. The van der Waals surface area contributed by atoms with Gasteiger partial charge < -0.3 is 53.1 Å². The number of hydrogen-bond donors (Lipinski definition) is 3. The van der Waals surface area contributed by atoms with Crippen LogP contribution in [0.1, 0.15) is 42.1 Å². The summed E-state index contributed by atoms with van der Waals surface area (Å²) in [5.41, 5.74) is 2.46. The molecule has 1 amide bonds. The summed E-state index contributed by atoms with van der Waals surface area (Å²) in [6.45, 7) is 9.15. The Labute approximate surface area is 337 Å². The molecule has 0 saturated heterocycles. The molecule has 1 aliphatic heterocycles. The van der Waals surface area contributed by atoms with Crippen molar-refractivity contribution >= 4 is 39.9 Å². The Hall–Kier alpha value is -4.32. The molecule has 0 fully saturated rings. The third-order valence-electron chi connectivity index (χ3n) is 8.53. The summed E-state index contributed by atoms with van der Waals surface area (Å²) in [7, 11) is 0. The maximum atomic E-state index is 12.5. The number of phenolic OH excluding ortho intramolecular Hbond substituents is 1. The number of nitrogens with one attached hydrogen (secondary N) is 1. The van der Waals surface area contributed by atoms with E-state index in [1.807, 2.05) is 13.0 Å². The van der Waals surface area contributed by atoms with Crippen molar-refractivity contribution in [3.63, 3.8) is 0 Å². The Balaban J connectivity index is 1.04. The van der Waals surface area contributed by atoms with Crippen molar-refractivity contribution in [3.8, 4) is 28.2 Å². The molecular weight excluding hydrogens is 759 g/mol. The van der Waals surface area contributed by atoms with E-state index < -0.39 is 5.97 Å². The third-order valence-corrected chi connectivity index (χ3v) is 8.87. The van der Waals surface area contributed by atoms with Crippen molar-refractivity contribution in [2.45, 2.75) is 32.6 Å². The Morgan fingerprint density at radius 3 is 1.88 bits per heavy atom. The molecule has 1 aliphatic carbocycles. The number of ether oxygens (including phenoxy) is 7. The van der Waals surface area contributed by atoms with Gasteiger partial charge in [0.25, 0.3) is 0 Å². The predicted molar refractivity (Wildman–Crippen MR) is 218 cm³/mol. The maximum Gasteiger partial charge on any atom is 0.336 e. The molecular formula is C42H53NO13S. The quantitative estimate of drug-likeness (QED) is 0.0351. The number of fused-ring (bicyclic) bond motifs is 2. The molecule has 0 radical (unpaired) electrons. The molecule has 57 heavy (non-hydrogen) atoms. The Morgan fingerprint density at radius 1 is 0.702 bits per heavy atom. The lowest BCUT2D eigenvalue weighted by molar-refractivity contribution is -0.122. The molecule has 0 bridgehead atoms. The summed E-state index contributed by atoms with van der Waals surface area (Å²) in [6, 6.07) is 14.1. The number of carbonyl (C=O) groups excluding carboxylic acids is 1. The fourth-order valence-electron chi connectivity index (χ4n) is 5.79. The lowest BCUT2D eigenvalue weighted by Crippen LogP contribution is -2.26. The summed E-state index contributed by atoms with van der Waals surface area (Å²) in [6.07, 6.45) is 1.83. The molecule has 0 aromatic heterocycles. The minimum absolute atomic E-state index is 0.0227. The van der Waals surface area contributed by atoms with Crippen molar-refractivity contribution in [2.75, 3.05) is 99.0 Å². The first-order chi connectivity index (χ1) is 27.8. The van der Waals surface area contributed by atoms with Crippen molar-refractivity contribution in [1.82, 2.24) is 5.32 Å². The molecule has 2 aromatic carbocycles. The predicted octanol–water partition coefficient (Wildman–Crippen LogP) is 5.30. The average molecular weight is 812 g/mol. The molecule has 1 heterocycles. The van der Waals surface area contributed by atoms with Crippen LogP contribution in [0.3, 0.4) is 0 Å². The summed E-state index contributed by atoms with van der Waals surface area (Å²) in [5, 5.41) is 23.8. The zero-order chi connectivity index (χ0) is 40.7. The number of aromatic carboxylic acids is 1. The van der Waals surface area contributed by atoms with Crippen LogP contribution in [-0.4, -0.2) is 126 Å². The van der Waals surface area contributed by atoms with Crippen LogP contribution in [0, 0.1) is 0 Å². The molecule has 310 valence electrons. The molecule has 3 N–H and O–H groups in total. The van der Waals surface area contributed by atoms with Crippen LogP contribution in [-0.2, 0) is 44.4 Å². The number of thiocarbonyl (C=S) groups is 1. The smallest absolute Gasteiger partial charge is 0.336 e. The van der Waals surface area contributed by atoms with Gasteiger partial charge in [0, 0.05) is 54.6 Å². The minimum atomic E-state index is -1.12. The van der Waals surface area contributed by atoms with E-state index in [2.05, 4.69) is 5.32 Å². The highest BCUT2D eigenvalue weighted by Gasteiger charge is 2.22. The first-order valence-electron chi connectivity index (χ1n) is 19.2. The highest BCUT2D eigenvalue weighted by molar-refractivity contribution is 7.80. The van der Waals surface area contributed by atoms with E-state index >= 15 is 0 Å².